The van der Waals surface area contributed by atoms with Gasteiger partial charge in [-0.15, -0.1) is 0 Å². The van der Waals surface area contributed by atoms with Gasteiger partial charge in [-0.05, 0) is 23.6 Å². The third-order valence-corrected chi connectivity index (χ3v) is 2.24. The smallest absolute Gasteiger partial charge is 0.0343 e. The number of rotatable bonds is 0. The minimum absolute atomic E-state index is 0.577. The molecule has 0 aliphatic heterocycles. The van der Waals surface area contributed by atoms with Gasteiger partial charge in [-0.25, -0.2) is 0 Å². The van der Waals surface area contributed by atoms with E-state index < -0.39 is 0 Å². The molecule has 1 unspecified atom stereocenters. The first kappa shape index (κ1) is 6.59. The van der Waals surface area contributed by atoms with Crippen LogP contribution >= 0.6 is 0 Å². The van der Waals surface area contributed by atoms with Crippen LogP contribution in [0.1, 0.15) is 29.5 Å². The molecule has 11 heavy (non-hydrogen) atoms. The van der Waals surface area contributed by atoms with E-state index in [1.54, 1.807) is 0 Å². The third-order valence-electron chi connectivity index (χ3n) is 2.24. The molecule has 0 bridgehead atoms. The summed E-state index contributed by atoms with van der Waals surface area (Å²) in [6.45, 7) is 4.34. The Hall–Kier alpha value is -1.11. The maximum absolute atomic E-state index is 4.14. The summed E-state index contributed by atoms with van der Waals surface area (Å²) in [7, 11) is 0. The second-order valence-corrected chi connectivity index (χ2v) is 3.11. The van der Waals surface area contributed by atoms with Crippen LogP contribution in [-0.4, -0.2) is 4.98 Å². The minimum atomic E-state index is 0.577. The number of hydrogen-bond donors (Lipinski definition) is 0. The Morgan fingerprint density at radius 2 is 2.18 bits per heavy atom. The molecule has 0 radical (unpaired) electrons. The normalized spacial score (nSPS) is 20.4. The van der Waals surface area contributed by atoms with Crippen molar-refractivity contribution in [3.63, 3.8) is 0 Å². The summed E-state index contributed by atoms with van der Waals surface area (Å²) < 4.78 is 0. The van der Waals surface area contributed by atoms with Crippen molar-refractivity contribution in [3.8, 4) is 0 Å². The average molecular weight is 145 g/mol. The first-order valence-corrected chi connectivity index (χ1v) is 3.92. The number of aryl methyl sites for hydroxylation is 1. The molecule has 0 amide bonds. The Balaban J connectivity index is 2.65. The van der Waals surface area contributed by atoms with Gasteiger partial charge in [0.15, 0.2) is 0 Å². The van der Waals surface area contributed by atoms with Crippen molar-refractivity contribution in [1.82, 2.24) is 4.98 Å². The predicted molar refractivity (Wildman–Crippen MR) is 46.4 cm³/mol. The molecule has 1 heterocycles. The molecule has 56 valence electrons. The number of fused-ring (bicyclic) bond motifs is 1. The lowest BCUT2D eigenvalue weighted by atomic mass is 10.00. The highest BCUT2D eigenvalue weighted by molar-refractivity contribution is 5.62. The summed E-state index contributed by atoms with van der Waals surface area (Å²) in [6, 6.07) is 0. The lowest BCUT2D eigenvalue weighted by Crippen LogP contribution is -1.92. The molecule has 1 heteroatoms. The summed E-state index contributed by atoms with van der Waals surface area (Å²) >= 11 is 0. The Labute approximate surface area is 66.8 Å². The molecule has 1 aliphatic carbocycles. The second kappa shape index (κ2) is 2.19. The van der Waals surface area contributed by atoms with Crippen LogP contribution in [0.5, 0.6) is 0 Å². The van der Waals surface area contributed by atoms with Crippen molar-refractivity contribution in [2.45, 2.75) is 19.8 Å². The van der Waals surface area contributed by atoms with Crippen LogP contribution in [0, 0.1) is 6.92 Å². The number of pyridine rings is 1. The number of allylic oxidation sites excluding steroid dienone is 1. The molecule has 1 aliphatic rings. The van der Waals surface area contributed by atoms with Crippen molar-refractivity contribution in [3.05, 3.63) is 35.2 Å². The van der Waals surface area contributed by atoms with E-state index in [2.05, 4.69) is 31.0 Å². The average Bonchev–Trinajstić information content (AvgIpc) is 2.34. The lowest BCUT2D eigenvalue weighted by molar-refractivity contribution is 0.964. The van der Waals surface area contributed by atoms with Gasteiger partial charge in [0.2, 0.25) is 0 Å². The Kier molecular flexibility index (Phi) is 1.31. The second-order valence-electron chi connectivity index (χ2n) is 3.11. The van der Waals surface area contributed by atoms with Crippen molar-refractivity contribution >= 4 is 6.08 Å². The van der Waals surface area contributed by atoms with Crippen molar-refractivity contribution in [2.75, 3.05) is 0 Å². The van der Waals surface area contributed by atoms with E-state index in [1.165, 1.54) is 16.7 Å². The predicted octanol–water partition coefficient (Wildman–Crippen LogP) is 2.52. The summed E-state index contributed by atoms with van der Waals surface area (Å²) in [5, 5.41) is 0. The van der Waals surface area contributed by atoms with Crippen LogP contribution in [0.2, 0.25) is 0 Å². The summed E-state index contributed by atoms with van der Waals surface area (Å²) in [5.74, 6) is 0.577. The Bertz CT molecular complexity index is 313. The molecular weight excluding hydrogens is 134 g/mol. The van der Waals surface area contributed by atoms with Gasteiger partial charge in [0.05, 0.1) is 0 Å². The molecule has 0 saturated heterocycles. The molecular formula is C10H11N. The van der Waals surface area contributed by atoms with Gasteiger partial charge >= 0.3 is 0 Å². The van der Waals surface area contributed by atoms with Gasteiger partial charge in [-0.3, -0.25) is 4.98 Å². The zero-order valence-electron chi connectivity index (χ0n) is 6.83. The van der Waals surface area contributed by atoms with Gasteiger partial charge in [0.1, 0.15) is 0 Å². The van der Waals surface area contributed by atoms with Crippen LogP contribution < -0.4 is 0 Å². The molecule has 0 N–H and O–H groups in total. The SMILES string of the molecule is Cc1cncc2c1C(C)C=C2. The van der Waals surface area contributed by atoms with Crippen molar-refractivity contribution < 1.29 is 0 Å². The van der Waals surface area contributed by atoms with E-state index in [0.29, 0.717) is 5.92 Å². The van der Waals surface area contributed by atoms with Gasteiger partial charge < -0.3 is 0 Å². The number of aromatic nitrogens is 1. The highest BCUT2D eigenvalue weighted by atomic mass is 14.6. The summed E-state index contributed by atoms with van der Waals surface area (Å²) in [4.78, 5) is 4.14. The highest BCUT2D eigenvalue weighted by Crippen LogP contribution is 2.30. The third kappa shape index (κ3) is 0.881. The fourth-order valence-corrected chi connectivity index (χ4v) is 1.70. The fourth-order valence-electron chi connectivity index (χ4n) is 1.70. The van der Waals surface area contributed by atoms with E-state index in [9.17, 15) is 0 Å². The fraction of sp³-hybridized carbons (Fsp3) is 0.300. The maximum atomic E-state index is 4.14. The number of nitrogens with zero attached hydrogens (tertiary/aromatic N) is 1. The number of hydrogen-bond acceptors (Lipinski definition) is 1. The van der Waals surface area contributed by atoms with E-state index >= 15 is 0 Å². The lowest BCUT2D eigenvalue weighted by Gasteiger charge is -2.06. The molecule has 0 aromatic carbocycles. The monoisotopic (exact) mass is 145 g/mol. The topological polar surface area (TPSA) is 12.9 Å². The molecule has 0 fully saturated rings. The van der Waals surface area contributed by atoms with E-state index in [0.717, 1.165) is 0 Å². The molecule has 1 nitrogen and oxygen atoms in total. The standard InChI is InChI=1S/C10H11N/c1-7-3-4-9-6-11-5-8(2)10(7)9/h3-7H,1-2H3. The Morgan fingerprint density at radius 1 is 1.36 bits per heavy atom. The van der Waals surface area contributed by atoms with E-state index in [-0.39, 0.29) is 0 Å². The molecule has 0 spiro atoms. The summed E-state index contributed by atoms with van der Waals surface area (Å²) in [6.07, 6.45) is 8.24. The van der Waals surface area contributed by atoms with E-state index in [1.807, 2.05) is 12.4 Å². The quantitative estimate of drug-likeness (QED) is 0.546. The van der Waals surface area contributed by atoms with Crippen molar-refractivity contribution in [1.29, 1.82) is 0 Å². The first-order valence-electron chi connectivity index (χ1n) is 3.92. The molecule has 0 saturated carbocycles. The van der Waals surface area contributed by atoms with Crippen LogP contribution in [0.4, 0.5) is 0 Å². The molecule has 2 rings (SSSR count). The summed E-state index contributed by atoms with van der Waals surface area (Å²) in [5.41, 5.74) is 4.04. The van der Waals surface area contributed by atoms with Crippen LogP contribution in [-0.2, 0) is 0 Å². The Morgan fingerprint density at radius 3 is 2.91 bits per heavy atom. The van der Waals surface area contributed by atoms with Gasteiger partial charge in [0.25, 0.3) is 0 Å². The van der Waals surface area contributed by atoms with Crippen LogP contribution in [0.25, 0.3) is 6.08 Å². The minimum Gasteiger partial charge on any atom is -0.264 e. The maximum Gasteiger partial charge on any atom is 0.0343 e. The first-order chi connectivity index (χ1) is 5.29. The van der Waals surface area contributed by atoms with E-state index in [4.69, 9.17) is 0 Å². The zero-order chi connectivity index (χ0) is 7.84. The van der Waals surface area contributed by atoms with Gasteiger partial charge in [-0.2, -0.15) is 0 Å². The van der Waals surface area contributed by atoms with Gasteiger partial charge in [0, 0.05) is 18.3 Å². The molecule has 1 aromatic heterocycles. The van der Waals surface area contributed by atoms with Crippen molar-refractivity contribution in [2.24, 2.45) is 0 Å². The van der Waals surface area contributed by atoms with Crippen LogP contribution in [0.15, 0.2) is 18.5 Å². The largest absolute Gasteiger partial charge is 0.264 e. The highest BCUT2D eigenvalue weighted by Gasteiger charge is 2.14. The van der Waals surface area contributed by atoms with Crippen LogP contribution in [0.3, 0.4) is 0 Å². The van der Waals surface area contributed by atoms with Gasteiger partial charge in [-0.1, -0.05) is 19.1 Å². The molecule has 1 atom stereocenters. The molecule has 1 aromatic rings. The zero-order valence-corrected chi connectivity index (χ0v) is 6.83.